The summed E-state index contributed by atoms with van der Waals surface area (Å²) >= 11 is 3.35. The zero-order chi connectivity index (χ0) is 21.1. The Balaban J connectivity index is 1.69. The average molecular weight is 478 g/mol. The van der Waals surface area contributed by atoms with Gasteiger partial charge < -0.3 is 9.73 Å². The second kappa shape index (κ2) is 8.80. The average Bonchev–Trinajstić information content (AvgIpc) is 3.39. The van der Waals surface area contributed by atoms with Crippen molar-refractivity contribution in [2.45, 2.75) is 39.4 Å². The number of halogens is 5. The number of nitrogens with one attached hydrogen (secondary N) is 1. The number of furan rings is 1. The highest BCUT2D eigenvalue weighted by atomic mass is 79.9. The summed E-state index contributed by atoms with van der Waals surface area (Å²) in [7, 11) is 0. The van der Waals surface area contributed by atoms with E-state index in [4.69, 9.17) is 4.42 Å². The maximum Gasteiger partial charge on any atom is 0.287 e. The lowest BCUT2D eigenvalue weighted by Crippen LogP contribution is -2.24. The second-order valence-electron chi connectivity index (χ2n) is 5.96. The number of alkyl halides is 4. The monoisotopic (exact) mass is 477 g/mol. The topological polar surface area (TPSA) is 77.9 Å². The smallest absolute Gasteiger partial charge is 0.287 e. The van der Waals surface area contributed by atoms with Crippen molar-refractivity contribution in [3.8, 4) is 0 Å². The molecule has 3 aromatic rings. The van der Waals surface area contributed by atoms with E-state index in [0.29, 0.717) is 12.6 Å². The standard InChI is InChI=1S/C17H16BrF4N5O2/c1-2-26-13(10(18)6-24-26)7-23-17(28)14-4-3-9(29-14)8-27-12(16(21)22)5-11(25-27)15(19)20/h3-6,15-16H,2,7-8H2,1H3,(H,23,28). The molecule has 0 unspecified atom stereocenters. The molecule has 0 atom stereocenters. The molecule has 0 bridgehead atoms. The third-order valence-electron chi connectivity index (χ3n) is 4.08. The van der Waals surface area contributed by atoms with Gasteiger partial charge in [-0.3, -0.25) is 14.2 Å². The first-order chi connectivity index (χ1) is 13.8. The van der Waals surface area contributed by atoms with Crippen LogP contribution < -0.4 is 5.32 Å². The molecule has 12 heteroatoms. The van der Waals surface area contributed by atoms with Gasteiger partial charge in [0.2, 0.25) is 0 Å². The van der Waals surface area contributed by atoms with E-state index < -0.39 is 30.1 Å². The van der Waals surface area contributed by atoms with Gasteiger partial charge in [-0.05, 0) is 41.1 Å². The van der Waals surface area contributed by atoms with E-state index in [1.807, 2.05) is 6.92 Å². The number of hydrogen-bond donors (Lipinski definition) is 1. The van der Waals surface area contributed by atoms with Crippen LogP contribution in [0.4, 0.5) is 17.6 Å². The largest absolute Gasteiger partial charge is 0.454 e. The van der Waals surface area contributed by atoms with Crippen LogP contribution in [0, 0.1) is 0 Å². The number of hydrogen-bond acceptors (Lipinski definition) is 4. The Labute approximate surface area is 170 Å². The molecule has 0 fully saturated rings. The van der Waals surface area contributed by atoms with Crippen molar-refractivity contribution in [3.05, 3.63) is 57.5 Å². The highest BCUT2D eigenvalue weighted by molar-refractivity contribution is 9.10. The van der Waals surface area contributed by atoms with E-state index in [9.17, 15) is 22.4 Å². The van der Waals surface area contributed by atoms with Crippen molar-refractivity contribution in [1.82, 2.24) is 24.9 Å². The Hall–Kier alpha value is -2.63. The van der Waals surface area contributed by atoms with Gasteiger partial charge >= 0.3 is 0 Å². The van der Waals surface area contributed by atoms with Gasteiger partial charge in [-0.25, -0.2) is 17.6 Å². The van der Waals surface area contributed by atoms with Gasteiger partial charge in [0.25, 0.3) is 18.8 Å². The minimum atomic E-state index is -2.98. The van der Waals surface area contributed by atoms with Gasteiger partial charge in [-0.1, -0.05) is 0 Å². The maximum atomic E-state index is 13.1. The number of nitrogens with zero attached hydrogens (tertiary/aromatic N) is 4. The van der Waals surface area contributed by atoms with Gasteiger partial charge in [-0.15, -0.1) is 0 Å². The maximum absolute atomic E-state index is 13.1. The summed E-state index contributed by atoms with van der Waals surface area (Å²) in [6.07, 6.45) is -4.33. The van der Waals surface area contributed by atoms with Crippen LogP contribution in [0.2, 0.25) is 0 Å². The Morgan fingerprint density at radius 3 is 2.66 bits per heavy atom. The molecule has 1 N–H and O–H groups in total. The van der Waals surface area contributed by atoms with Crippen LogP contribution in [0.5, 0.6) is 0 Å². The number of aromatic nitrogens is 4. The molecule has 0 saturated carbocycles. The van der Waals surface area contributed by atoms with Crippen LogP contribution in [-0.4, -0.2) is 25.5 Å². The van der Waals surface area contributed by atoms with Gasteiger partial charge in [0.15, 0.2) is 5.76 Å². The Kier molecular flexibility index (Phi) is 6.40. The fraction of sp³-hybridized carbons (Fsp3) is 0.353. The predicted molar refractivity (Wildman–Crippen MR) is 96.7 cm³/mol. The Morgan fingerprint density at radius 2 is 2.00 bits per heavy atom. The lowest BCUT2D eigenvalue weighted by atomic mass is 10.3. The fourth-order valence-corrected chi connectivity index (χ4v) is 3.12. The van der Waals surface area contributed by atoms with Gasteiger partial charge in [-0.2, -0.15) is 10.2 Å². The molecular formula is C17H16BrF4N5O2. The molecule has 0 saturated heterocycles. The van der Waals surface area contributed by atoms with E-state index in [0.717, 1.165) is 14.8 Å². The van der Waals surface area contributed by atoms with Crippen molar-refractivity contribution in [1.29, 1.82) is 0 Å². The van der Waals surface area contributed by atoms with Crippen LogP contribution in [-0.2, 0) is 19.6 Å². The zero-order valence-electron chi connectivity index (χ0n) is 15.1. The van der Waals surface area contributed by atoms with Crippen LogP contribution in [0.1, 0.15) is 53.2 Å². The number of carbonyl (C=O) groups excluding carboxylic acids is 1. The van der Waals surface area contributed by atoms with Gasteiger partial charge in [0, 0.05) is 6.54 Å². The molecule has 29 heavy (non-hydrogen) atoms. The van der Waals surface area contributed by atoms with Gasteiger partial charge in [0.1, 0.15) is 17.1 Å². The van der Waals surface area contributed by atoms with E-state index in [1.165, 1.54) is 12.1 Å². The summed E-state index contributed by atoms with van der Waals surface area (Å²) in [4.78, 5) is 12.3. The zero-order valence-corrected chi connectivity index (χ0v) is 16.7. The molecule has 0 radical (unpaired) electrons. The van der Waals surface area contributed by atoms with Crippen LogP contribution in [0.15, 0.2) is 33.3 Å². The Morgan fingerprint density at radius 1 is 1.24 bits per heavy atom. The minimum Gasteiger partial charge on any atom is -0.454 e. The second-order valence-corrected chi connectivity index (χ2v) is 6.81. The van der Waals surface area contributed by atoms with Crippen molar-refractivity contribution in [3.63, 3.8) is 0 Å². The van der Waals surface area contributed by atoms with Crippen molar-refractivity contribution < 1.29 is 26.8 Å². The quantitative estimate of drug-likeness (QED) is 0.490. The first-order valence-corrected chi connectivity index (χ1v) is 9.30. The van der Waals surface area contributed by atoms with E-state index in [1.54, 1.807) is 10.9 Å². The molecule has 3 heterocycles. The Bertz CT molecular complexity index is 998. The molecule has 156 valence electrons. The lowest BCUT2D eigenvalue weighted by Gasteiger charge is -2.07. The van der Waals surface area contributed by atoms with Crippen LogP contribution >= 0.6 is 15.9 Å². The molecule has 0 spiro atoms. The summed E-state index contributed by atoms with van der Waals surface area (Å²) in [6.45, 7) is 2.41. The summed E-state index contributed by atoms with van der Waals surface area (Å²) in [5.41, 5.74) is -0.631. The lowest BCUT2D eigenvalue weighted by molar-refractivity contribution is 0.0919. The third kappa shape index (κ3) is 4.69. The fourth-order valence-electron chi connectivity index (χ4n) is 2.68. The van der Waals surface area contributed by atoms with Gasteiger partial charge in [0.05, 0.1) is 29.5 Å². The number of aryl methyl sites for hydroxylation is 1. The highest BCUT2D eigenvalue weighted by Crippen LogP contribution is 2.26. The highest BCUT2D eigenvalue weighted by Gasteiger charge is 2.22. The molecule has 7 nitrogen and oxygen atoms in total. The van der Waals surface area contributed by atoms with E-state index in [-0.39, 0.29) is 24.6 Å². The number of carbonyl (C=O) groups is 1. The molecule has 1 amide bonds. The third-order valence-corrected chi connectivity index (χ3v) is 4.74. The summed E-state index contributed by atoms with van der Waals surface area (Å²) in [6, 6.07) is 3.43. The van der Waals surface area contributed by atoms with E-state index in [2.05, 4.69) is 31.4 Å². The normalized spacial score (nSPS) is 11.6. The summed E-state index contributed by atoms with van der Waals surface area (Å²) in [5, 5.41) is 10.3. The van der Waals surface area contributed by atoms with Crippen LogP contribution in [0.3, 0.4) is 0 Å². The first-order valence-electron chi connectivity index (χ1n) is 8.51. The van der Waals surface area contributed by atoms with E-state index >= 15 is 0 Å². The molecular weight excluding hydrogens is 462 g/mol. The van der Waals surface area contributed by atoms with Crippen molar-refractivity contribution in [2.75, 3.05) is 0 Å². The molecule has 3 aromatic heterocycles. The molecule has 0 aliphatic heterocycles. The summed E-state index contributed by atoms with van der Waals surface area (Å²) < 4.78 is 60.2. The minimum absolute atomic E-state index is 0.0430. The molecule has 0 aliphatic rings. The number of rotatable bonds is 8. The molecule has 3 rings (SSSR count). The molecule has 0 aromatic carbocycles. The number of amides is 1. The van der Waals surface area contributed by atoms with Crippen LogP contribution in [0.25, 0.3) is 0 Å². The first kappa shape index (κ1) is 21.1. The predicted octanol–water partition coefficient (Wildman–Crippen LogP) is 4.31. The van der Waals surface area contributed by atoms with Crippen molar-refractivity contribution >= 4 is 21.8 Å². The van der Waals surface area contributed by atoms with Crippen molar-refractivity contribution in [2.24, 2.45) is 0 Å². The summed E-state index contributed by atoms with van der Waals surface area (Å²) in [5.74, 6) is -0.436. The SMILES string of the molecule is CCn1ncc(Br)c1CNC(=O)c1ccc(Cn2nc(C(F)F)cc2C(F)F)o1. The molecule has 0 aliphatic carbocycles.